The van der Waals surface area contributed by atoms with E-state index in [1.807, 2.05) is 42.5 Å². The Morgan fingerprint density at radius 1 is 0.892 bits per heavy atom. The first kappa shape index (κ1) is 21.8. The van der Waals surface area contributed by atoms with Crippen molar-refractivity contribution < 1.29 is 24.3 Å². The quantitative estimate of drug-likeness (QED) is 0.540. The molecule has 184 valence electrons. The number of carbonyl (C=O) groups is 4. The average Bonchev–Trinajstić information content (AvgIpc) is 3.55. The van der Waals surface area contributed by atoms with Crippen molar-refractivity contribution in [2.75, 3.05) is 9.80 Å². The zero-order valence-corrected chi connectivity index (χ0v) is 19.6. The van der Waals surface area contributed by atoms with Crippen LogP contribution in [0.5, 0.6) is 5.75 Å². The highest BCUT2D eigenvalue weighted by atomic mass is 16.3. The molecule has 0 radical (unpaired) electrons. The van der Waals surface area contributed by atoms with Gasteiger partial charge in [-0.2, -0.15) is 5.01 Å². The Bertz CT molecular complexity index is 1510. The smallest absolute Gasteiger partial charge is 0.255 e. The molecule has 3 saturated heterocycles. The molecule has 4 amide bonds. The van der Waals surface area contributed by atoms with Gasteiger partial charge in [0.1, 0.15) is 5.75 Å². The number of nitrogens with zero attached hydrogens (tertiary/aromatic N) is 3. The van der Waals surface area contributed by atoms with Crippen molar-refractivity contribution in [3.8, 4) is 5.75 Å². The number of nitrogens with one attached hydrogen (secondary N) is 1. The van der Waals surface area contributed by atoms with Gasteiger partial charge in [0, 0.05) is 23.7 Å². The normalized spacial score (nSPS) is 28.2. The second kappa shape index (κ2) is 7.50. The first-order valence-electron chi connectivity index (χ1n) is 12.1. The third-order valence-corrected chi connectivity index (χ3v) is 8.02. The van der Waals surface area contributed by atoms with Crippen LogP contribution < -0.4 is 15.2 Å². The van der Waals surface area contributed by atoms with Gasteiger partial charge in [0.2, 0.25) is 17.7 Å². The first-order valence-corrected chi connectivity index (χ1v) is 12.1. The highest BCUT2D eigenvalue weighted by Crippen LogP contribution is 2.60. The van der Waals surface area contributed by atoms with Crippen molar-refractivity contribution in [3.05, 3.63) is 90.0 Å². The molecule has 0 saturated carbocycles. The second-order valence-corrected chi connectivity index (χ2v) is 9.87. The second-order valence-electron chi connectivity index (χ2n) is 9.87. The number of benzene rings is 3. The van der Waals surface area contributed by atoms with Gasteiger partial charge in [-0.3, -0.25) is 24.6 Å². The van der Waals surface area contributed by atoms with Crippen LogP contribution in [0, 0.1) is 11.8 Å². The summed E-state index contributed by atoms with van der Waals surface area (Å²) in [6.45, 7) is 0.278. The Morgan fingerprint density at radius 3 is 2.43 bits per heavy atom. The van der Waals surface area contributed by atoms with Crippen molar-refractivity contribution in [2.45, 2.75) is 24.5 Å². The van der Waals surface area contributed by atoms with Gasteiger partial charge in [-0.25, -0.2) is 4.90 Å². The summed E-state index contributed by atoms with van der Waals surface area (Å²) in [5, 5.41) is 11.6. The van der Waals surface area contributed by atoms with Crippen molar-refractivity contribution >= 4 is 35.0 Å². The molecule has 3 fully saturated rings. The zero-order chi connectivity index (χ0) is 25.5. The van der Waals surface area contributed by atoms with E-state index in [9.17, 15) is 24.3 Å². The Morgan fingerprint density at radius 2 is 1.65 bits per heavy atom. The number of para-hydroxylation sites is 1. The lowest BCUT2D eigenvalue weighted by molar-refractivity contribution is -0.140. The number of phenolic OH excluding ortho intramolecular Hbond substituents is 1. The molecule has 37 heavy (non-hydrogen) atoms. The van der Waals surface area contributed by atoms with Crippen LogP contribution in [0.2, 0.25) is 0 Å². The zero-order valence-electron chi connectivity index (χ0n) is 19.6. The molecular weight excluding hydrogens is 472 g/mol. The van der Waals surface area contributed by atoms with Gasteiger partial charge in [0.05, 0.1) is 30.1 Å². The fourth-order valence-electron chi connectivity index (χ4n) is 6.65. The molecule has 1 spiro atoms. The molecule has 4 aliphatic heterocycles. The minimum atomic E-state index is -1.56. The van der Waals surface area contributed by atoms with Gasteiger partial charge >= 0.3 is 0 Å². The van der Waals surface area contributed by atoms with Crippen LogP contribution in [0.1, 0.15) is 17.5 Å². The fraction of sp³-hybridized carbons (Fsp3) is 0.214. The Kier molecular flexibility index (Phi) is 4.41. The van der Waals surface area contributed by atoms with Crippen LogP contribution >= 0.6 is 0 Å². The molecule has 0 aliphatic carbocycles. The molecule has 3 aromatic carbocycles. The van der Waals surface area contributed by atoms with Crippen molar-refractivity contribution in [3.63, 3.8) is 0 Å². The number of hydrazine groups is 1. The Hall–Kier alpha value is -4.50. The van der Waals surface area contributed by atoms with Crippen LogP contribution in [0.3, 0.4) is 0 Å². The highest BCUT2D eigenvalue weighted by molar-refractivity contribution is 6.26. The predicted molar refractivity (Wildman–Crippen MR) is 132 cm³/mol. The largest absolute Gasteiger partial charge is 0.508 e. The maximum atomic E-state index is 14.5. The molecular formula is C28H22N4O5. The van der Waals surface area contributed by atoms with E-state index < -0.39 is 35.2 Å². The van der Waals surface area contributed by atoms with E-state index in [0.717, 1.165) is 10.5 Å². The van der Waals surface area contributed by atoms with Crippen molar-refractivity contribution in [1.29, 1.82) is 0 Å². The summed E-state index contributed by atoms with van der Waals surface area (Å²) in [7, 11) is 0. The summed E-state index contributed by atoms with van der Waals surface area (Å²) in [5.74, 6) is -3.67. The van der Waals surface area contributed by atoms with E-state index in [1.165, 1.54) is 12.1 Å². The molecule has 2 N–H and O–H groups in total. The maximum Gasteiger partial charge on any atom is 0.255 e. The summed E-state index contributed by atoms with van der Waals surface area (Å²) >= 11 is 0. The minimum absolute atomic E-state index is 0.00392. The highest BCUT2D eigenvalue weighted by Gasteiger charge is 2.77. The molecule has 4 atom stereocenters. The van der Waals surface area contributed by atoms with E-state index in [2.05, 4.69) is 5.43 Å². The van der Waals surface area contributed by atoms with Crippen molar-refractivity contribution in [1.82, 2.24) is 10.4 Å². The van der Waals surface area contributed by atoms with Crippen LogP contribution in [-0.2, 0) is 31.3 Å². The standard InChI is InChI=1S/C28H22N4O5/c33-18-10-6-9-17(13-18)31-25(35)23-21-14-22(34)29-32(21)28(24(23)26(31)36)19-11-4-5-12-20(19)30(27(28)37)15-16-7-2-1-3-8-16/h1-13,21,23-24,33H,14-15H2,(H,29,34)/t21?,23?,24?,28-/m0/s1. The van der Waals surface area contributed by atoms with Crippen LogP contribution in [-0.4, -0.2) is 39.8 Å². The molecule has 9 heteroatoms. The molecule has 3 aromatic rings. The number of hydrogen-bond acceptors (Lipinski definition) is 6. The lowest BCUT2D eigenvalue weighted by atomic mass is 9.76. The summed E-state index contributed by atoms with van der Waals surface area (Å²) in [5.41, 5.74) is 3.65. The molecule has 0 bridgehead atoms. The molecule has 4 aliphatic rings. The number of anilines is 2. The molecule has 4 heterocycles. The Balaban J connectivity index is 1.42. The summed E-state index contributed by atoms with van der Waals surface area (Å²) in [4.78, 5) is 57.8. The lowest BCUT2D eigenvalue weighted by Gasteiger charge is -2.36. The van der Waals surface area contributed by atoms with Crippen LogP contribution in [0.4, 0.5) is 11.4 Å². The summed E-state index contributed by atoms with van der Waals surface area (Å²) in [6, 6.07) is 22.1. The molecule has 3 unspecified atom stereocenters. The van der Waals surface area contributed by atoms with Crippen molar-refractivity contribution in [2.24, 2.45) is 11.8 Å². The van der Waals surface area contributed by atoms with Crippen LogP contribution in [0.15, 0.2) is 78.9 Å². The van der Waals surface area contributed by atoms with Gasteiger partial charge < -0.3 is 10.0 Å². The number of carbonyl (C=O) groups excluding carboxylic acids is 4. The third-order valence-electron chi connectivity index (χ3n) is 8.02. The SMILES string of the molecule is O=C1CC2C3C(=O)N(c4cccc(O)c4)C(=O)C3[C@@]3(C(=O)N(Cc4ccccc4)c4ccccc43)N2N1. The number of amides is 4. The number of hydrogen-bond donors (Lipinski definition) is 2. The average molecular weight is 495 g/mol. The topological polar surface area (TPSA) is 110 Å². The van der Waals surface area contributed by atoms with E-state index in [4.69, 9.17) is 0 Å². The third kappa shape index (κ3) is 2.71. The monoisotopic (exact) mass is 494 g/mol. The van der Waals surface area contributed by atoms with E-state index in [1.54, 1.807) is 34.2 Å². The lowest BCUT2D eigenvalue weighted by Crippen LogP contribution is -2.59. The van der Waals surface area contributed by atoms with E-state index >= 15 is 0 Å². The number of aromatic hydroxyl groups is 1. The van der Waals surface area contributed by atoms with Gasteiger partial charge in [-0.1, -0.05) is 54.6 Å². The van der Waals surface area contributed by atoms with Gasteiger partial charge in [0.25, 0.3) is 5.91 Å². The predicted octanol–water partition coefficient (Wildman–Crippen LogP) is 2.06. The minimum Gasteiger partial charge on any atom is -0.508 e. The van der Waals surface area contributed by atoms with Gasteiger partial charge in [0.15, 0.2) is 5.54 Å². The number of phenols is 1. The molecule has 7 rings (SSSR count). The molecule has 9 nitrogen and oxygen atoms in total. The van der Waals surface area contributed by atoms with Gasteiger partial charge in [-0.15, -0.1) is 0 Å². The Labute approximate surface area is 211 Å². The number of rotatable bonds is 3. The fourth-order valence-corrected chi connectivity index (χ4v) is 6.65. The maximum absolute atomic E-state index is 14.5. The summed E-state index contributed by atoms with van der Waals surface area (Å²) in [6.07, 6.45) is 0.00392. The van der Waals surface area contributed by atoms with Crippen LogP contribution in [0.25, 0.3) is 0 Å². The summed E-state index contributed by atoms with van der Waals surface area (Å²) < 4.78 is 0. The number of imide groups is 1. The van der Waals surface area contributed by atoms with Gasteiger partial charge in [-0.05, 0) is 23.8 Å². The molecule has 0 aromatic heterocycles. The number of fused-ring (bicyclic) bond motifs is 7. The first-order chi connectivity index (χ1) is 17.9. The van der Waals surface area contributed by atoms with E-state index in [0.29, 0.717) is 11.3 Å². The van der Waals surface area contributed by atoms with E-state index in [-0.39, 0.29) is 36.2 Å².